The molecule has 0 aromatic heterocycles. The normalized spacial score (nSPS) is 27.6. The summed E-state index contributed by atoms with van der Waals surface area (Å²) in [4.78, 5) is 10.7. The Morgan fingerprint density at radius 2 is 2.33 bits per heavy atom. The van der Waals surface area contributed by atoms with E-state index in [9.17, 15) is 4.79 Å². The molecule has 2 N–H and O–H groups in total. The smallest absolute Gasteiger partial charge is 0.306 e. The topological polar surface area (TPSA) is 49.3 Å². The number of aliphatic carboxylic acids is 1. The van der Waals surface area contributed by atoms with Gasteiger partial charge < -0.3 is 10.4 Å². The minimum atomic E-state index is -0.663. The molecule has 1 aliphatic heterocycles. The third-order valence-electron chi connectivity index (χ3n) is 2.68. The van der Waals surface area contributed by atoms with Crippen molar-refractivity contribution in [3.8, 4) is 0 Å². The maximum Gasteiger partial charge on any atom is 0.306 e. The average molecular weight is 171 g/mol. The van der Waals surface area contributed by atoms with Crippen LogP contribution in [0, 0.1) is 11.8 Å². The highest BCUT2D eigenvalue weighted by Crippen LogP contribution is 2.19. The summed E-state index contributed by atoms with van der Waals surface area (Å²) in [5.74, 6) is -0.538. The Hall–Kier alpha value is -0.570. The van der Waals surface area contributed by atoms with Crippen LogP contribution in [0.5, 0.6) is 0 Å². The monoisotopic (exact) mass is 171 g/mol. The lowest BCUT2D eigenvalue weighted by Gasteiger charge is -2.18. The van der Waals surface area contributed by atoms with E-state index in [1.54, 1.807) is 6.92 Å². The van der Waals surface area contributed by atoms with Crippen LogP contribution in [0.3, 0.4) is 0 Å². The molecule has 0 aromatic carbocycles. The van der Waals surface area contributed by atoms with Gasteiger partial charge in [0.25, 0.3) is 0 Å². The van der Waals surface area contributed by atoms with E-state index in [4.69, 9.17) is 5.11 Å². The van der Waals surface area contributed by atoms with Crippen molar-refractivity contribution in [1.29, 1.82) is 0 Å². The Bertz CT molecular complexity index is 151. The Morgan fingerprint density at radius 3 is 3.00 bits per heavy atom. The van der Waals surface area contributed by atoms with E-state index in [-0.39, 0.29) is 5.92 Å². The number of carboxylic acid groups (broad SMARTS) is 1. The predicted molar refractivity (Wildman–Crippen MR) is 47.0 cm³/mol. The first-order valence-corrected chi connectivity index (χ1v) is 4.65. The summed E-state index contributed by atoms with van der Waals surface area (Å²) >= 11 is 0. The summed E-state index contributed by atoms with van der Waals surface area (Å²) in [5.41, 5.74) is 0. The zero-order valence-electron chi connectivity index (χ0n) is 7.55. The van der Waals surface area contributed by atoms with Crippen LogP contribution in [-0.2, 0) is 4.79 Å². The van der Waals surface area contributed by atoms with Gasteiger partial charge in [0.15, 0.2) is 0 Å². The molecule has 0 saturated carbocycles. The maximum atomic E-state index is 10.7. The molecule has 1 fully saturated rings. The molecular formula is C9H17NO2. The van der Waals surface area contributed by atoms with Crippen molar-refractivity contribution in [1.82, 2.24) is 5.32 Å². The van der Waals surface area contributed by atoms with Crippen molar-refractivity contribution >= 4 is 5.97 Å². The fraction of sp³-hybridized carbons (Fsp3) is 0.889. The molecule has 3 heteroatoms. The van der Waals surface area contributed by atoms with Gasteiger partial charge in [-0.05, 0) is 31.8 Å². The maximum absolute atomic E-state index is 10.7. The van der Waals surface area contributed by atoms with Crippen molar-refractivity contribution in [3.05, 3.63) is 0 Å². The number of carboxylic acids is 1. The zero-order chi connectivity index (χ0) is 8.97. The van der Waals surface area contributed by atoms with Crippen LogP contribution in [0.25, 0.3) is 0 Å². The van der Waals surface area contributed by atoms with Crippen LogP contribution < -0.4 is 5.32 Å². The number of hydrogen-bond donors (Lipinski definition) is 2. The Labute approximate surface area is 73.2 Å². The highest BCUT2D eigenvalue weighted by atomic mass is 16.4. The minimum absolute atomic E-state index is 0.199. The van der Waals surface area contributed by atoms with E-state index in [0.29, 0.717) is 5.92 Å². The van der Waals surface area contributed by atoms with E-state index in [1.165, 1.54) is 6.42 Å². The number of hydrogen-bond acceptors (Lipinski definition) is 2. The second-order valence-corrected chi connectivity index (χ2v) is 3.59. The van der Waals surface area contributed by atoms with Gasteiger partial charge in [-0.2, -0.15) is 0 Å². The average Bonchev–Trinajstić information content (AvgIpc) is 2.30. The fourth-order valence-corrected chi connectivity index (χ4v) is 1.67. The van der Waals surface area contributed by atoms with Crippen molar-refractivity contribution < 1.29 is 9.90 Å². The van der Waals surface area contributed by atoms with Gasteiger partial charge in [0.05, 0.1) is 5.92 Å². The molecule has 1 saturated heterocycles. The first kappa shape index (κ1) is 9.52. The van der Waals surface area contributed by atoms with Crippen LogP contribution in [0.15, 0.2) is 0 Å². The fourth-order valence-electron chi connectivity index (χ4n) is 1.67. The third-order valence-corrected chi connectivity index (χ3v) is 2.68. The van der Waals surface area contributed by atoms with Gasteiger partial charge in [0, 0.05) is 0 Å². The summed E-state index contributed by atoms with van der Waals surface area (Å²) in [6.45, 7) is 3.72. The number of nitrogens with one attached hydrogen (secondary N) is 1. The van der Waals surface area contributed by atoms with Gasteiger partial charge in [0.1, 0.15) is 0 Å². The van der Waals surface area contributed by atoms with Gasteiger partial charge in [-0.1, -0.05) is 13.3 Å². The molecule has 0 unspecified atom stereocenters. The lowest BCUT2D eigenvalue weighted by molar-refractivity contribution is -0.142. The largest absolute Gasteiger partial charge is 0.481 e. The lowest BCUT2D eigenvalue weighted by atomic mass is 9.90. The molecule has 1 rings (SSSR count). The Morgan fingerprint density at radius 1 is 1.58 bits per heavy atom. The van der Waals surface area contributed by atoms with Crippen molar-refractivity contribution in [2.24, 2.45) is 11.8 Å². The van der Waals surface area contributed by atoms with E-state index < -0.39 is 5.97 Å². The van der Waals surface area contributed by atoms with Gasteiger partial charge in [-0.15, -0.1) is 0 Å². The summed E-state index contributed by atoms with van der Waals surface area (Å²) in [6, 6.07) is 0. The third kappa shape index (κ3) is 2.48. The summed E-state index contributed by atoms with van der Waals surface area (Å²) in [5, 5.41) is 12.1. The molecule has 70 valence electrons. The van der Waals surface area contributed by atoms with E-state index >= 15 is 0 Å². The summed E-state index contributed by atoms with van der Waals surface area (Å²) in [7, 11) is 0. The van der Waals surface area contributed by atoms with Crippen LogP contribution in [0.4, 0.5) is 0 Å². The molecule has 2 atom stereocenters. The predicted octanol–water partition coefficient (Wildman–Crippen LogP) is 1.10. The first-order valence-electron chi connectivity index (χ1n) is 4.65. The minimum Gasteiger partial charge on any atom is -0.481 e. The summed E-state index contributed by atoms with van der Waals surface area (Å²) in [6.07, 6.45) is 3.40. The second-order valence-electron chi connectivity index (χ2n) is 3.59. The van der Waals surface area contributed by atoms with Crippen LogP contribution >= 0.6 is 0 Å². The van der Waals surface area contributed by atoms with Gasteiger partial charge >= 0.3 is 5.97 Å². The molecule has 1 aliphatic rings. The van der Waals surface area contributed by atoms with Gasteiger partial charge in [0.2, 0.25) is 0 Å². The summed E-state index contributed by atoms with van der Waals surface area (Å²) < 4.78 is 0. The van der Waals surface area contributed by atoms with Crippen molar-refractivity contribution in [2.75, 3.05) is 13.1 Å². The Balaban J connectivity index is 2.42. The second kappa shape index (κ2) is 4.45. The quantitative estimate of drug-likeness (QED) is 0.654. The van der Waals surface area contributed by atoms with Gasteiger partial charge in [-0.3, -0.25) is 4.79 Å². The van der Waals surface area contributed by atoms with E-state index in [0.717, 1.165) is 25.9 Å². The van der Waals surface area contributed by atoms with Crippen LogP contribution in [-0.4, -0.2) is 24.2 Å². The first-order chi connectivity index (χ1) is 5.72. The van der Waals surface area contributed by atoms with Crippen molar-refractivity contribution in [3.63, 3.8) is 0 Å². The Kier molecular flexibility index (Phi) is 3.53. The molecule has 0 spiro atoms. The molecule has 0 aromatic rings. The molecule has 0 bridgehead atoms. The van der Waals surface area contributed by atoms with Gasteiger partial charge in [-0.25, -0.2) is 0 Å². The highest BCUT2D eigenvalue weighted by molar-refractivity contribution is 5.69. The van der Waals surface area contributed by atoms with Crippen LogP contribution in [0.2, 0.25) is 0 Å². The standard InChI is InChI=1S/C9H17NO2/c1-7(9(11)12)8-4-2-3-5-10-6-8/h7-8,10H,2-6H2,1H3,(H,11,12)/t7-,8+/m1/s1. The molecule has 12 heavy (non-hydrogen) atoms. The van der Waals surface area contributed by atoms with E-state index in [1.807, 2.05) is 0 Å². The molecule has 3 nitrogen and oxygen atoms in total. The highest BCUT2D eigenvalue weighted by Gasteiger charge is 2.23. The molecule has 0 radical (unpaired) electrons. The number of rotatable bonds is 2. The zero-order valence-corrected chi connectivity index (χ0v) is 7.55. The SMILES string of the molecule is C[C@@H](C(=O)O)[C@H]1CCCCNC1. The molecular weight excluding hydrogens is 154 g/mol. The van der Waals surface area contributed by atoms with Crippen LogP contribution in [0.1, 0.15) is 26.2 Å². The number of carbonyl (C=O) groups is 1. The molecule has 0 amide bonds. The van der Waals surface area contributed by atoms with Crippen molar-refractivity contribution in [2.45, 2.75) is 26.2 Å². The lowest BCUT2D eigenvalue weighted by Crippen LogP contribution is -2.29. The molecule has 1 heterocycles. The molecule has 0 aliphatic carbocycles. The van der Waals surface area contributed by atoms with E-state index in [2.05, 4.69) is 5.32 Å².